The van der Waals surface area contributed by atoms with Gasteiger partial charge >= 0.3 is 0 Å². The number of ether oxygens (including phenoxy) is 1. The maximum Gasteiger partial charge on any atom is 0.0945 e. The molecule has 0 bridgehead atoms. The highest BCUT2D eigenvalue weighted by Gasteiger charge is 2.21. The molecule has 1 aromatic carbocycles. The van der Waals surface area contributed by atoms with Gasteiger partial charge < -0.3 is 15.2 Å². The maximum absolute atomic E-state index is 9.72. The molecule has 2 rings (SSSR count). The summed E-state index contributed by atoms with van der Waals surface area (Å²) in [5, 5.41) is 12.9. The summed E-state index contributed by atoms with van der Waals surface area (Å²) in [5.41, 5.74) is 1.04. The van der Waals surface area contributed by atoms with Crippen LogP contribution in [0.2, 0.25) is 0 Å². The number of nitrogens with one attached hydrogen (secondary N) is 1. The second-order valence-electron chi connectivity index (χ2n) is 4.53. The van der Waals surface area contributed by atoms with E-state index in [0.717, 1.165) is 18.2 Å². The van der Waals surface area contributed by atoms with Gasteiger partial charge in [-0.3, -0.25) is 0 Å². The Hall–Kier alpha value is -0.330. The van der Waals surface area contributed by atoms with Gasteiger partial charge in [0.1, 0.15) is 0 Å². The standard InChI is InChI=1S/C13H18INO2/c14-11-2-1-3-12(6-11)15-7-13(16)9-17-8-10-4-5-10/h1-3,6,10,13,15-16H,4-5,7-9H2. The summed E-state index contributed by atoms with van der Waals surface area (Å²) in [5.74, 6) is 0.755. The van der Waals surface area contributed by atoms with Gasteiger partial charge in [0.05, 0.1) is 12.7 Å². The Labute approximate surface area is 116 Å². The van der Waals surface area contributed by atoms with Crippen LogP contribution in [-0.2, 0) is 4.74 Å². The molecular weight excluding hydrogens is 329 g/mol. The largest absolute Gasteiger partial charge is 0.389 e. The van der Waals surface area contributed by atoms with Gasteiger partial charge in [-0.25, -0.2) is 0 Å². The van der Waals surface area contributed by atoms with Crippen LogP contribution in [0.5, 0.6) is 0 Å². The van der Waals surface area contributed by atoms with Gasteiger partial charge in [0, 0.05) is 22.4 Å². The van der Waals surface area contributed by atoms with E-state index in [1.165, 1.54) is 16.4 Å². The average Bonchev–Trinajstić information content (AvgIpc) is 3.11. The molecule has 4 heteroatoms. The van der Waals surface area contributed by atoms with Crippen LogP contribution in [0.4, 0.5) is 5.69 Å². The van der Waals surface area contributed by atoms with Crippen molar-refractivity contribution in [3.8, 4) is 0 Å². The first-order chi connectivity index (χ1) is 8.24. The third-order valence-electron chi connectivity index (χ3n) is 2.73. The van der Waals surface area contributed by atoms with E-state index in [-0.39, 0.29) is 0 Å². The SMILES string of the molecule is OC(CNc1cccc(I)c1)COCC1CC1. The second kappa shape index (κ2) is 6.56. The highest BCUT2D eigenvalue weighted by molar-refractivity contribution is 14.1. The maximum atomic E-state index is 9.72. The van der Waals surface area contributed by atoms with Crippen molar-refractivity contribution in [2.24, 2.45) is 5.92 Å². The zero-order valence-corrected chi connectivity index (χ0v) is 11.9. The molecule has 1 atom stereocenters. The molecule has 0 spiro atoms. The number of benzene rings is 1. The van der Waals surface area contributed by atoms with E-state index in [1.807, 2.05) is 18.2 Å². The molecule has 2 N–H and O–H groups in total. The lowest BCUT2D eigenvalue weighted by atomic mass is 10.3. The van der Waals surface area contributed by atoms with E-state index in [4.69, 9.17) is 4.74 Å². The first-order valence-electron chi connectivity index (χ1n) is 5.99. The molecule has 0 aliphatic heterocycles. The molecule has 1 fully saturated rings. The van der Waals surface area contributed by atoms with E-state index >= 15 is 0 Å². The minimum absolute atomic E-state index is 0.424. The number of anilines is 1. The van der Waals surface area contributed by atoms with Crippen LogP contribution in [0, 0.1) is 9.49 Å². The van der Waals surface area contributed by atoms with E-state index in [2.05, 4.69) is 34.0 Å². The Morgan fingerprint density at radius 1 is 1.47 bits per heavy atom. The van der Waals surface area contributed by atoms with Gasteiger partial charge in [-0.15, -0.1) is 0 Å². The van der Waals surface area contributed by atoms with Crippen LogP contribution in [-0.4, -0.2) is 31.0 Å². The number of halogens is 1. The molecule has 1 aromatic rings. The summed E-state index contributed by atoms with van der Waals surface area (Å²) < 4.78 is 6.63. The number of aliphatic hydroxyl groups is 1. The molecule has 0 heterocycles. The molecule has 0 amide bonds. The van der Waals surface area contributed by atoms with E-state index < -0.39 is 6.10 Å². The molecule has 1 saturated carbocycles. The second-order valence-corrected chi connectivity index (χ2v) is 5.77. The average molecular weight is 347 g/mol. The van der Waals surface area contributed by atoms with Crippen molar-refractivity contribution in [1.82, 2.24) is 0 Å². The molecule has 94 valence electrons. The lowest BCUT2D eigenvalue weighted by Gasteiger charge is -2.13. The minimum Gasteiger partial charge on any atom is -0.389 e. The quantitative estimate of drug-likeness (QED) is 0.745. The molecule has 17 heavy (non-hydrogen) atoms. The fourth-order valence-electron chi connectivity index (χ4n) is 1.55. The van der Waals surface area contributed by atoms with Crippen LogP contribution in [0.1, 0.15) is 12.8 Å². The van der Waals surface area contributed by atoms with Gasteiger partial charge in [0.25, 0.3) is 0 Å². The Morgan fingerprint density at radius 2 is 2.29 bits per heavy atom. The molecule has 0 aromatic heterocycles. The third kappa shape index (κ3) is 5.23. The van der Waals surface area contributed by atoms with E-state index in [1.54, 1.807) is 0 Å². The first kappa shape index (κ1) is 13.1. The summed E-state index contributed by atoms with van der Waals surface area (Å²) in [4.78, 5) is 0. The van der Waals surface area contributed by atoms with Crippen LogP contribution < -0.4 is 5.32 Å². The molecule has 1 unspecified atom stereocenters. The van der Waals surface area contributed by atoms with E-state index in [9.17, 15) is 5.11 Å². The van der Waals surface area contributed by atoms with Crippen LogP contribution >= 0.6 is 22.6 Å². The molecule has 1 aliphatic rings. The monoisotopic (exact) mass is 347 g/mol. The summed E-state index contributed by atoms with van der Waals surface area (Å²) in [6.07, 6.45) is 2.14. The zero-order valence-electron chi connectivity index (χ0n) is 9.73. The fourth-order valence-corrected chi connectivity index (χ4v) is 2.09. The van der Waals surface area contributed by atoms with Crippen LogP contribution in [0.15, 0.2) is 24.3 Å². The van der Waals surface area contributed by atoms with Crippen LogP contribution in [0.25, 0.3) is 0 Å². The predicted molar refractivity (Wildman–Crippen MR) is 77.2 cm³/mol. The highest BCUT2D eigenvalue weighted by atomic mass is 127. The van der Waals surface area contributed by atoms with Crippen molar-refractivity contribution in [3.05, 3.63) is 27.8 Å². The third-order valence-corrected chi connectivity index (χ3v) is 3.40. The normalized spacial score (nSPS) is 16.8. The summed E-state index contributed by atoms with van der Waals surface area (Å²) >= 11 is 2.27. The van der Waals surface area contributed by atoms with Crippen LogP contribution in [0.3, 0.4) is 0 Å². The lowest BCUT2D eigenvalue weighted by molar-refractivity contribution is 0.0386. The number of hydrogen-bond donors (Lipinski definition) is 2. The number of aliphatic hydroxyl groups excluding tert-OH is 1. The molecule has 0 saturated heterocycles. The number of rotatable bonds is 7. The molecule has 1 aliphatic carbocycles. The Morgan fingerprint density at radius 3 is 3.00 bits per heavy atom. The summed E-state index contributed by atoms with van der Waals surface area (Å²) in [7, 11) is 0. The van der Waals surface area contributed by atoms with Crippen molar-refractivity contribution < 1.29 is 9.84 Å². The highest BCUT2D eigenvalue weighted by Crippen LogP contribution is 2.28. The Balaban J connectivity index is 1.62. The smallest absolute Gasteiger partial charge is 0.0945 e. The van der Waals surface area contributed by atoms with Crippen molar-refractivity contribution in [2.75, 3.05) is 25.1 Å². The number of hydrogen-bond acceptors (Lipinski definition) is 3. The van der Waals surface area contributed by atoms with Gasteiger partial charge in [-0.2, -0.15) is 0 Å². The summed E-state index contributed by atoms with van der Waals surface area (Å²) in [6, 6.07) is 8.10. The molecule has 3 nitrogen and oxygen atoms in total. The van der Waals surface area contributed by atoms with Crippen molar-refractivity contribution in [2.45, 2.75) is 18.9 Å². The Bertz CT molecular complexity index is 355. The van der Waals surface area contributed by atoms with Gasteiger partial charge in [0.15, 0.2) is 0 Å². The predicted octanol–water partition coefficient (Wildman–Crippen LogP) is 2.49. The molecular formula is C13H18INO2. The van der Waals surface area contributed by atoms with Gasteiger partial charge in [-0.05, 0) is 59.5 Å². The zero-order chi connectivity index (χ0) is 12.1. The topological polar surface area (TPSA) is 41.5 Å². The van der Waals surface area contributed by atoms with Gasteiger partial charge in [0.2, 0.25) is 0 Å². The van der Waals surface area contributed by atoms with Crippen molar-refractivity contribution >= 4 is 28.3 Å². The minimum atomic E-state index is -0.438. The van der Waals surface area contributed by atoms with Gasteiger partial charge in [-0.1, -0.05) is 6.07 Å². The Kier molecular flexibility index (Phi) is 5.06. The van der Waals surface area contributed by atoms with Crippen molar-refractivity contribution in [1.29, 1.82) is 0 Å². The summed E-state index contributed by atoms with van der Waals surface area (Å²) in [6.45, 7) is 1.76. The van der Waals surface area contributed by atoms with E-state index in [0.29, 0.717) is 13.2 Å². The lowest BCUT2D eigenvalue weighted by Crippen LogP contribution is -2.25. The molecule has 0 radical (unpaired) electrons. The first-order valence-corrected chi connectivity index (χ1v) is 7.07. The van der Waals surface area contributed by atoms with Crippen molar-refractivity contribution in [3.63, 3.8) is 0 Å². The fraction of sp³-hybridized carbons (Fsp3) is 0.538.